The molecule has 0 saturated carbocycles. The molecular weight excluding hydrogens is 238 g/mol. The lowest BCUT2D eigenvalue weighted by molar-refractivity contribution is -0.146. The van der Waals surface area contributed by atoms with E-state index in [1.54, 1.807) is 4.90 Å². The summed E-state index contributed by atoms with van der Waals surface area (Å²) >= 11 is 0. The van der Waals surface area contributed by atoms with Gasteiger partial charge in [-0.15, -0.1) is 0 Å². The van der Waals surface area contributed by atoms with Crippen LogP contribution in [-0.2, 0) is 9.53 Å². The van der Waals surface area contributed by atoms with Crippen LogP contribution in [0, 0.1) is 5.92 Å². The van der Waals surface area contributed by atoms with Crippen molar-refractivity contribution in [2.75, 3.05) is 20.2 Å². The molecule has 1 aliphatic heterocycles. The summed E-state index contributed by atoms with van der Waals surface area (Å²) in [5.41, 5.74) is -0.203. The minimum absolute atomic E-state index is 0.213. The third-order valence-corrected chi connectivity index (χ3v) is 3.07. The molecule has 7 nitrogen and oxygen atoms in total. The predicted octanol–water partition coefficient (Wildman–Crippen LogP) is -0.272. The summed E-state index contributed by atoms with van der Waals surface area (Å²) < 4.78 is 4.69. The highest BCUT2D eigenvalue weighted by Gasteiger charge is 2.29. The summed E-state index contributed by atoms with van der Waals surface area (Å²) in [5, 5.41) is 0. The second-order valence-electron chi connectivity index (χ2n) is 4.27. The average molecular weight is 253 g/mol. The first-order valence-corrected chi connectivity index (χ1v) is 5.76. The van der Waals surface area contributed by atoms with E-state index in [2.05, 4.69) is 14.7 Å². The molecule has 1 amide bonds. The fourth-order valence-corrected chi connectivity index (χ4v) is 2.14. The summed E-state index contributed by atoms with van der Waals surface area (Å²) in [6.45, 7) is 0.915. The Hall–Kier alpha value is -2.05. The van der Waals surface area contributed by atoms with Gasteiger partial charge in [0.05, 0.1) is 13.0 Å². The van der Waals surface area contributed by atoms with E-state index < -0.39 is 5.69 Å². The summed E-state index contributed by atoms with van der Waals surface area (Å²) in [6, 6.07) is 0. The second kappa shape index (κ2) is 5.07. The molecule has 2 heterocycles. The zero-order valence-electron chi connectivity index (χ0n) is 10.1. The predicted molar refractivity (Wildman–Crippen MR) is 62.1 cm³/mol. The topological polar surface area (TPSA) is 95.3 Å². The molecule has 0 spiro atoms. The number of ether oxygens (including phenoxy) is 1. The lowest BCUT2D eigenvalue weighted by Crippen LogP contribution is -2.42. The maximum absolute atomic E-state index is 12.1. The number of likely N-dealkylation sites (tertiary alicyclic amines) is 1. The number of methoxy groups -OCH3 is 1. The molecule has 2 rings (SSSR count). The molecule has 1 unspecified atom stereocenters. The van der Waals surface area contributed by atoms with E-state index in [1.807, 2.05) is 0 Å². The number of aromatic nitrogens is 2. The van der Waals surface area contributed by atoms with E-state index in [4.69, 9.17) is 0 Å². The lowest BCUT2D eigenvalue weighted by Gasteiger charge is -2.30. The van der Waals surface area contributed by atoms with Crippen LogP contribution >= 0.6 is 0 Å². The minimum Gasteiger partial charge on any atom is -0.469 e. The van der Waals surface area contributed by atoms with Crippen LogP contribution < -0.4 is 5.69 Å². The number of amides is 1. The molecular formula is C11H15N3O4. The van der Waals surface area contributed by atoms with Crippen LogP contribution in [0.1, 0.15) is 23.3 Å². The van der Waals surface area contributed by atoms with Gasteiger partial charge in [0.15, 0.2) is 0 Å². The summed E-state index contributed by atoms with van der Waals surface area (Å²) in [5.74, 6) is -0.852. The van der Waals surface area contributed by atoms with Crippen LogP contribution in [0.15, 0.2) is 11.0 Å². The Morgan fingerprint density at radius 1 is 1.50 bits per heavy atom. The molecule has 1 aromatic rings. The van der Waals surface area contributed by atoms with E-state index in [0.717, 1.165) is 12.8 Å². The number of carbonyl (C=O) groups is 2. The molecule has 18 heavy (non-hydrogen) atoms. The summed E-state index contributed by atoms with van der Waals surface area (Å²) in [4.78, 5) is 40.8. The minimum atomic E-state index is -0.417. The number of imidazole rings is 1. The van der Waals surface area contributed by atoms with Gasteiger partial charge in [0.1, 0.15) is 5.69 Å². The summed E-state index contributed by atoms with van der Waals surface area (Å²) in [6.07, 6.45) is 2.81. The van der Waals surface area contributed by atoms with E-state index >= 15 is 0 Å². The van der Waals surface area contributed by atoms with E-state index in [9.17, 15) is 14.4 Å². The zero-order chi connectivity index (χ0) is 13.1. The van der Waals surface area contributed by atoms with Gasteiger partial charge >= 0.3 is 11.7 Å². The largest absolute Gasteiger partial charge is 0.469 e. The summed E-state index contributed by atoms with van der Waals surface area (Å²) in [7, 11) is 1.34. The van der Waals surface area contributed by atoms with Crippen LogP contribution in [-0.4, -0.2) is 46.9 Å². The molecule has 1 fully saturated rings. The molecule has 7 heteroatoms. The number of nitrogens with zero attached hydrogens (tertiary/aromatic N) is 1. The van der Waals surface area contributed by atoms with Crippen molar-refractivity contribution in [3.63, 3.8) is 0 Å². The normalized spacial score (nSPS) is 19.6. The molecule has 1 aliphatic rings. The molecule has 1 atom stereocenters. The van der Waals surface area contributed by atoms with Gasteiger partial charge in [0, 0.05) is 19.3 Å². The third kappa shape index (κ3) is 2.44. The second-order valence-corrected chi connectivity index (χ2v) is 4.27. The number of carbonyl (C=O) groups excluding carboxylic acids is 2. The Morgan fingerprint density at radius 2 is 2.28 bits per heavy atom. The Morgan fingerprint density at radius 3 is 2.89 bits per heavy atom. The molecule has 2 N–H and O–H groups in total. The number of esters is 1. The number of aromatic amines is 2. The third-order valence-electron chi connectivity index (χ3n) is 3.07. The van der Waals surface area contributed by atoms with Crippen molar-refractivity contribution >= 4 is 11.9 Å². The van der Waals surface area contributed by atoms with E-state index in [0.29, 0.717) is 13.1 Å². The van der Waals surface area contributed by atoms with Gasteiger partial charge in [-0.25, -0.2) is 4.79 Å². The number of hydrogen-bond acceptors (Lipinski definition) is 4. The van der Waals surface area contributed by atoms with Crippen molar-refractivity contribution in [1.29, 1.82) is 0 Å². The Labute approximate surface area is 103 Å². The molecule has 98 valence electrons. The van der Waals surface area contributed by atoms with Gasteiger partial charge in [-0.05, 0) is 12.8 Å². The highest BCUT2D eigenvalue weighted by atomic mass is 16.5. The number of nitrogens with one attached hydrogen (secondary N) is 2. The van der Waals surface area contributed by atoms with Crippen LogP contribution in [0.3, 0.4) is 0 Å². The van der Waals surface area contributed by atoms with Crippen LogP contribution in [0.4, 0.5) is 0 Å². The molecule has 0 aliphatic carbocycles. The van der Waals surface area contributed by atoms with Crippen LogP contribution in [0.25, 0.3) is 0 Å². The highest BCUT2D eigenvalue weighted by molar-refractivity contribution is 5.92. The van der Waals surface area contributed by atoms with Crippen molar-refractivity contribution < 1.29 is 14.3 Å². The Kier molecular flexibility index (Phi) is 3.50. The average Bonchev–Trinajstić information content (AvgIpc) is 2.83. The standard InChI is InChI=1S/C11H15N3O4/c1-18-10(16)7-3-2-4-14(6-7)9(15)8-5-12-11(17)13-8/h5,7H,2-4,6H2,1H3,(H2,12,13,17). The van der Waals surface area contributed by atoms with Crippen molar-refractivity contribution in [3.8, 4) is 0 Å². The van der Waals surface area contributed by atoms with Gasteiger partial charge in [0.2, 0.25) is 0 Å². The molecule has 0 radical (unpaired) electrons. The fourth-order valence-electron chi connectivity index (χ4n) is 2.14. The molecule has 1 aromatic heterocycles. The quantitative estimate of drug-likeness (QED) is 0.709. The number of piperidine rings is 1. The first kappa shape index (κ1) is 12.4. The van der Waals surface area contributed by atoms with Crippen molar-refractivity contribution in [3.05, 3.63) is 22.4 Å². The van der Waals surface area contributed by atoms with Gasteiger partial charge in [0.25, 0.3) is 5.91 Å². The smallest absolute Gasteiger partial charge is 0.323 e. The zero-order valence-corrected chi connectivity index (χ0v) is 10.1. The van der Waals surface area contributed by atoms with Crippen LogP contribution in [0.2, 0.25) is 0 Å². The Bertz CT molecular complexity index is 504. The molecule has 0 bridgehead atoms. The first-order valence-electron chi connectivity index (χ1n) is 5.76. The fraction of sp³-hybridized carbons (Fsp3) is 0.545. The Balaban J connectivity index is 2.07. The maximum Gasteiger partial charge on any atom is 0.323 e. The van der Waals surface area contributed by atoms with Gasteiger partial charge < -0.3 is 19.6 Å². The van der Waals surface area contributed by atoms with E-state index in [1.165, 1.54) is 13.3 Å². The van der Waals surface area contributed by atoms with Gasteiger partial charge in [-0.2, -0.15) is 0 Å². The molecule has 1 saturated heterocycles. The maximum atomic E-state index is 12.1. The molecule has 0 aromatic carbocycles. The highest BCUT2D eigenvalue weighted by Crippen LogP contribution is 2.18. The van der Waals surface area contributed by atoms with Crippen molar-refractivity contribution in [2.24, 2.45) is 5.92 Å². The van der Waals surface area contributed by atoms with Gasteiger partial charge in [-0.3, -0.25) is 9.59 Å². The van der Waals surface area contributed by atoms with E-state index in [-0.39, 0.29) is 23.5 Å². The monoisotopic (exact) mass is 253 g/mol. The lowest BCUT2D eigenvalue weighted by atomic mass is 9.98. The number of H-pyrrole nitrogens is 2. The number of rotatable bonds is 2. The SMILES string of the molecule is COC(=O)C1CCCN(C(=O)c2c[nH]c(=O)[nH]2)C1. The van der Waals surface area contributed by atoms with Crippen LogP contribution in [0.5, 0.6) is 0 Å². The first-order chi connectivity index (χ1) is 8.61. The van der Waals surface area contributed by atoms with Crippen molar-refractivity contribution in [1.82, 2.24) is 14.9 Å². The van der Waals surface area contributed by atoms with Crippen molar-refractivity contribution in [2.45, 2.75) is 12.8 Å². The van der Waals surface area contributed by atoms with Gasteiger partial charge in [-0.1, -0.05) is 0 Å². The number of hydrogen-bond donors (Lipinski definition) is 2.